The van der Waals surface area contributed by atoms with E-state index in [1.54, 1.807) is 6.07 Å². The van der Waals surface area contributed by atoms with Crippen LogP contribution in [0.4, 0.5) is 15.8 Å². The molecule has 0 aliphatic heterocycles. The summed E-state index contributed by atoms with van der Waals surface area (Å²) in [7, 11) is 0. The van der Waals surface area contributed by atoms with Gasteiger partial charge in [-0.05, 0) is 56.4 Å². The van der Waals surface area contributed by atoms with Crippen LogP contribution in [0.25, 0.3) is 0 Å². The molecular weight excluding hydrogens is 351 g/mol. The zero-order valence-electron chi connectivity index (χ0n) is 13.4. The zero-order valence-corrected chi connectivity index (χ0v) is 14.9. The fourth-order valence-corrected chi connectivity index (χ4v) is 2.45. The smallest absolute Gasteiger partial charge is 0.175 e. The molecule has 2 aromatic carbocycles. The second-order valence-electron chi connectivity index (χ2n) is 4.73. The lowest BCUT2D eigenvalue weighted by Crippen LogP contribution is -2.20. The van der Waals surface area contributed by atoms with Gasteiger partial charge < -0.3 is 20.1 Å². The van der Waals surface area contributed by atoms with Crippen molar-refractivity contribution >= 4 is 40.3 Å². The largest absolute Gasteiger partial charge is 0.494 e. The van der Waals surface area contributed by atoms with Crippen LogP contribution in [0.3, 0.4) is 0 Å². The lowest BCUT2D eigenvalue weighted by atomic mass is 10.2. The topological polar surface area (TPSA) is 42.5 Å². The molecule has 0 saturated carbocycles. The fourth-order valence-electron chi connectivity index (χ4n) is 2.01. The minimum absolute atomic E-state index is 0.243. The van der Waals surface area contributed by atoms with Crippen molar-refractivity contribution in [1.82, 2.24) is 0 Å². The van der Waals surface area contributed by atoms with Gasteiger partial charge in [0.15, 0.2) is 5.11 Å². The highest BCUT2D eigenvalue weighted by molar-refractivity contribution is 7.80. The van der Waals surface area contributed by atoms with Crippen molar-refractivity contribution in [3.63, 3.8) is 0 Å². The van der Waals surface area contributed by atoms with E-state index in [-0.39, 0.29) is 5.02 Å². The zero-order chi connectivity index (χ0) is 17.5. The van der Waals surface area contributed by atoms with E-state index in [4.69, 9.17) is 33.3 Å². The number of ether oxygens (including phenoxy) is 2. The summed E-state index contributed by atoms with van der Waals surface area (Å²) in [5, 5.41) is 6.53. The molecule has 0 aliphatic rings. The fraction of sp³-hybridized carbons (Fsp3) is 0.235. The van der Waals surface area contributed by atoms with Gasteiger partial charge in [0.25, 0.3) is 0 Å². The van der Waals surface area contributed by atoms with Gasteiger partial charge >= 0.3 is 0 Å². The summed E-state index contributed by atoms with van der Waals surface area (Å²) in [5.41, 5.74) is 1.17. The lowest BCUT2D eigenvalue weighted by Gasteiger charge is -2.16. The Labute approximate surface area is 150 Å². The quantitative estimate of drug-likeness (QED) is 0.695. The van der Waals surface area contributed by atoms with E-state index in [2.05, 4.69) is 10.6 Å². The number of hydrogen-bond acceptors (Lipinski definition) is 3. The van der Waals surface area contributed by atoms with Crippen LogP contribution < -0.4 is 20.1 Å². The first-order valence-electron chi connectivity index (χ1n) is 7.46. The summed E-state index contributed by atoms with van der Waals surface area (Å²) >= 11 is 11.3. The molecule has 7 heteroatoms. The van der Waals surface area contributed by atoms with Gasteiger partial charge in [-0.3, -0.25) is 0 Å². The third-order valence-electron chi connectivity index (χ3n) is 2.99. The first-order chi connectivity index (χ1) is 11.5. The molecule has 0 aromatic heterocycles. The van der Waals surface area contributed by atoms with Gasteiger partial charge in [-0.25, -0.2) is 4.39 Å². The molecule has 0 unspecified atom stereocenters. The van der Waals surface area contributed by atoms with Crippen molar-refractivity contribution in [1.29, 1.82) is 0 Å². The summed E-state index contributed by atoms with van der Waals surface area (Å²) in [6.07, 6.45) is 0. The molecule has 0 aliphatic carbocycles. The molecule has 2 rings (SSSR count). The van der Waals surface area contributed by atoms with E-state index in [1.807, 2.05) is 26.0 Å². The summed E-state index contributed by atoms with van der Waals surface area (Å²) < 4.78 is 24.2. The van der Waals surface area contributed by atoms with E-state index < -0.39 is 5.82 Å². The van der Waals surface area contributed by atoms with Gasteiger partial charge in [-0.15, -0.1) is 0 Å². The van der Waals surface area contributed by atoms with E-state index in [0.717, 1.165) is 0 Å². The minimum atomic E-state index is -0.410. The second kappa shape index (κ2) is 8.70. The first kappa shape index (κ1) is 18.3. The maximum atomic E-state index is 13.1. The predicted molar refractivity (Wildman–Crippen MR) is 100 cm³/mol. The Bertz CT molecular complexity index is 728. The van der Waals surface area contributed by atoms with Crippen molar-refractivity contribution in [2.75, 3.05) is 23.8 Å². The number of anilines is 2. The molecule has 0 bridgehead atoms. The average molecular weight is 369 g/mol. The van der Waals surface area contributed by atoms with E-state index in [9.17, 15) is 4.39 Å². The Morgan fingerprint density at radius 1 is 1.04 bits per heavy atom. The van der Waals surface area contributed by atoms with Crippen molar-refractivity contribution in [3.8, 4) is 11.5 Å². The van der Waals surface area contributed by atoms with Gasteiger partial charge in [0.1, 0.15) is 17.3 Å². The van der Waals surface area contributed by atoms with E-state index in [1.165, 1.54) is 18.2 Å². The van der Waals surface area contributed by atoms with Crippen molar-refractivity contribution in [2.24, 2.45) is 0 Å². The second-order valence-corrected chi connectivity index (χ2v) is 5.54. The number of rotatable bonds is 6. The molecule has 128 valence electrons. The Morgan fingerprint density at radius 2 is 1.75 bits per heavy atom. The highest BCUT2D eigenvalue weighted by atomic mass is 35.5. The molecule has 2 N–H and O–H groups in total. The Kier molecular flexibility index (Phi) is 6.63. The van der Waals surface area contributed by atoms with Gasteiger partial charge in [0.2, 0.25) is 0 Å². The highest BCUT2D eigenvalue weighted by Gasteiger charge is 2.09. The molecule has 0 atom stereocenters. The van der Waals surface area contributed by atoms with Crippen molar-refractivity contribution < 1.29 is 13.9 Å². The number of benzene rings is 2. The molecule has 24 heavy (non-hydrogen) atoms. The number of nitrogens with one attached hydrogen (secondary N) is 2. The van der Waals surface area contributed by atoms with Crippen LogP contribution in [0.2, 0.25) is 5.02 Å². The van der Waals surface area contributed by atoms with Gasteiger partial charge in [0.05, 0.1) is 29.6 Å². The molecule has 0 amide bonds. The number of hydrogen-bond donors (Lipinski definition) is 2. The molecule has 0 spiro atoms. The number of halogens is 2. The molecule has 0 saturated heterocycles. The molecule has 4 nitrogen and oxygen atoms in total. The van der Waals surface area contributed by atoms with Crippen LogP contribution in [-0.4, -0.2) is 18.3 Å². The Balaban J connectivity index is 2.15. The van der Waals surface area contributed by atoms with Gasteiger partial charge in [-0.1, -0.05) is 11.6 Å². The molecular formula is C17H18ClFN2O2S. The van der Waals surface area contributed by atoms with Gasteiger partial charge in [-0.2, -0.15) is 0 Å². The van der Waals surface area contributed by atoms with Crippen LogP contribution in [0, 0.1) is 5.82 Å². The third-order valence-corrected chi connectivity index (χ3v) is 3.51. The highest BCUT2D eigenvalue weighted by Crippen LogP contribution is 2.30. The molecule has 0 heterocycles. The summed E-state index contributed by atoms with van der Waals surface area (Å²) in [4.78, 5) is 0. The SMILES string of the molecule is CCOc1ccc(OCC)c(NC(=S)Nc2ccc(F)cc2Cl)c1. The van der Waals surface area contributed by atoms with E-state index in [0.29, 0.717) is 41.2 Å². The first-order valence-corrected chi connectivity index (χ1v) is 8.24. The lowest BCUT2D eigenvalue weighted by molar-refractivity contribution is 0.332. The average Bonchev–Trinajstić information content (AvgIpc) is 2.53. The minimum Gasteiger partial charge on any atom is -0.494 e. The van der Waals surface area contributed by atoms with Crippen LogP contribution in [0.15, 0.2) is 36.4 Å². The van der Waals surface area contributed by atoms with Crippen LogP contribution >= 0.6 is 23.8 Å². The Morgan fingerprint density at radius 3 is 2.42 bits per heavy atom. The summed E-state index contributed by atoms with van der Waals surface area (Å²) in [6.45, 7) is 4.88. The van der Waals surface area contributed by atoms with Crippen LogP contribution in [-0.2, 0) is 0 Å². The standard InChI is InChI=1S/C17H18ClFN2O2S/c1-3-22-12-6-8-16(23-4-2)15(10-12)21-17(24)20-14-7-5-11(19)9-13(14)18/h5-10H,3-4H2,1-2H3,(H2,20,21,24). The molecule has 2 aromatic rings. The molecule has 0 radical (unpaired) electrons. The van der Waals surface area contributed by atoms with E-state index >= 15 is 0 Å². The molecule has 0 fully saturated rings. The normalized spacial score (nSPS) is 10.2. The van der Waals surface area contributed by atoms with Gasteiger partial charge in [0, 0.05) is 6.07 Å². The maximum Gasteiger partial charge on any atom is 0.175 e. The monoisotopic (exact) mass is 368 g/mol. The summed E-state index contributed by atoms with van der Waals surface area (Å²) in [5.74, 6) is 0.939. The van der Waals surface area contributed by atoms with Crippen molar-refractivity contribution in [3.05, 3.63) is 47.2 Å². The summed E-state index contributed by atoms with van der Waals surface area (Å²) in [6, 6.07) is 9.48. The predicted octanol–water partition coefficient (Wildman–Crippen LogP) is 5.09. The maximum absolute atomic E-state index is 13.1. The number of thiocarbonyl (C=S) groups is 1. The Hall–Kier alpha value is -2.05. The third kappa shape index (κ3) is 4.97. The van der Waals surface area contributed by atoms with Crippen LogP contribution in [0.5, 0.6) is 11.5 Å². The van der Waals surface area contributed by atoms with Crippen LogP contribution in [0.1, 0.15) is 13.8 Å². The van der Waals surface area contributed by atoms with Crippen molar-refractivity contribution in [2.45, 2.75) is 13.8 Å².